The number of nitrogens with one attached hydrogen (secondary N) is 1. The number of aromatic amines is 1. The molecule has 1 aliphatic rings. The zero-order valence-corrected chi connectivity index (χ0v) is 18.4. The molecule has 1 N–H and O–H groups in total. The number of nitrogens with zero attached hydrogens (tertiary/aromatic N) is 3. The van der Waals surface area contributed by atoms with Crippen molar-refractivity contribution in [1.82, 2.24) is 19.9 Å². The molecule has 1 aromatic carbocycles. The van der Waals surface area contributed by atoms with Crippen molar-refractivity contribution in [2.24, 2.45) is 0 Å². The summed E-state index contributed by atoms with van der Waals surface area (Å²) in [5, 5.41) is 3.81. The lowest BCUT2D eigenvalue weighted by molar-refractivity contribution is 0.294. The molecule has 150 valence electrons. The molecule has 0 amide bonds. The number of pyridine rings is 1. The van der Waals surface area contributed by atoms with Crippen molar-refractivity contribution in [3.63, 3.8) is 0 Å². The van der Waals surface area contributed by atoms with Gasteiger partial charge in [0, 0.05) is 37.3 Å². The summed E-state index contributed by atoms with van der Waals surface area (Å²) in [6.07, 6.45) is 1.84. The topological polar surface area (TPSA) is 61.9 Å². The van der Waals surface area contributed by atoms with Crippen LogP contribution in [-0.4, -0.2) is 44.4 Å². The first-order valence-corrected chi connectivity index (χ1v) is 11.4. The quantitative estimate of drug-likeness (QED) is 0.504. The Balaban J connectivity index is 0.00000205. The molecule has 1 fully saturated rings. The van der Waals surface area contributed by atoms with E-state index in [9.17, 15) is 4.79 Å². The highest BCUT2D eigenvalue weighted by Gasteiger charge is 2.14. The van der Waals surface area contributed by atoms with Crippen LogP contribution in [-0.2, 0) is 6.54 Å². The molecule has 0 bridgehead atoms. The third-order valence-electron chi connectivity index (χ3n) is 5.15. The number of rotatable bonds is 3. The largest absolute Gasteiger partial charge is 0.305 e. The van der Waals surface area contributed by atoms with Gasteiger partial charge in [0.2, 0.25) is 0 Å². The Morgan fingerprint density at radius 1 is 1.21 bits per heavy atom. The fraction of sp³-hybridized carbons (Fsp3) is 0.286. The van der Waals surface area contributed by atoms with Crippen molar-refractivity contribution >= 4 is 56.5 Å². The fourth-order valence-electron chi connectivity index (χ4n) is 3.72. The number of fused-ring (bicyclic) bond motifs is 2. The van der Waals surface area contributed by atoms with Gasteiger partial charge in [-0.25, -0.2) is 4.98 Å². The minimum absolute atomic E-state index is 0. The number of hydrogen-bond acceptors (Lipinski definition) is 6. The monoisotopic (exact) mass is 444 g/mol. The molecule has 29 heavy (non-hydrogen) atoms. The maximum absolute atomic E-state index is 12.8. The Bertz CT molecular complexity index is 1230. The third-order valence-corrected chi connectivity index (χ3v) is 6.96. The van der Waals surface area contributed by atoms with Crippen LogP contribution in [0.15, 0.2) is 40.6 Å². The Morgan fingerprint density at radius 3 is 2.86 bits per heavy atom. The second-order valence-electron chi connectivity index (χ2n) is 7.14. The van der Waals surface area contributed by atoms with Crippen LogP contribution in [0.3, 0.4) is 0 Å². The predicted octanol–water partition coefficient (Wildman–Crippen LogP) is 4.48. The minimum atomic E-state index is -0.105. The molecule has 0 aliphatic carbocycles. The van der Waals surface area contributed by atoms with Gasteiger partial charge in [-0.2, -0.15) is 11.8 Å². The van der Waals surface area contributed by atoms with Gasteiger partial charge < -0.3 is 4.98 Å². The van der Waals surface area contributed by atoms with E-state index in [1.807, 2.05) is 42.4 Å². The second-order valence-corrected chi connectivity index (χ2v) is 9.31. The molecule has 8 heteroatoms. The molecule has 3 aromatic heterocycles. The minimum Gasteiger partial charge on any atom is -0.305 e. The number of H-pyrrole nitrogens is 1. The van der Waals surface area contributed by atoms with E-state index in [1.165, 1.54) is 17.1 Å². The van der Waals surface area contributed by atoms with Crippen molar-refractivity contribution in [3.05, 3.63) is 57.3 Å². The molecule has 5 rings (SSSR count). The smallest absolute Gasteiger partial charge is 0.259 e. The van der Waals surface area contributed by atoms with E-state index in [0.717, 1.165) is 40.8 Å². The number of hydrogen-bond donors (Lipinski definition) is 1. The molecule has 4 aromatic rings. The van der Waals surface area contributed by atoms with E-state index in [1.54, 1.807) is 11.3 Å². The summed E-state index contributed by atoms with van der Waals surface area (Å²) in [4.78, 5) is 27.5. The molecule has 1 saturated heterocycles. The average Bonchev–Trinajstić information content (AvgIpc) is 3.17. The molecule has 4 heterocycles. The molecule has 0 radical (unpaired) electrons. The van der Waals surface area contributed by atoms with E-state index >= 15 is 0 Å². The van der Waals surface area contributed by atoms with Crippen LogP contribution in [0.5, 0.6) is 0 Å². The zero-order valence-electron chi connectivity index (χ0n) is 16.0. The van der Waals surface area contributed by atoms with Gasteiger partial charge in [-0.3, -0.25) is 14.7 Å². The average molecular weight is 445 g/mol. The van der Waals surface area contributed by atoms with Crippen molar-refractivity contribution < 1.29 is 0 Å². The Morgan fingerprint density at radius 2 is 2.03 bits per heavy atom. The maximum Gasteiger partial charge on any atom is 0.259 e. The van der Waals surface area contributed by atoms with Gasteiger partial charge in [-0.15, -0.1) is 23.7 Å². The summed E-state index contributed by atoms with van der Waals surface area (Å²) in [6, 6.07) is 8.19. The van der Waals surface area contributed by atoms with Gasteiger partial charge in [-0.1, -0.05) is 6.07 Å². The first kappa shape index (κ1) is 20.3. The van der Waals surface area contributed by atoms with Crippen LogP contribution in [0, 0.1) is 6.92 Å². The Hall–Kier alpha value is -1.93. The number of thioether (sulfide) groups is 1. The van der Waals surface area contributed by atoms with Gasteiger partial charge in [0.15, 0.2) is 5.82 Å². The Kier molecular flexibility index (Phi) is 5.92. The summed E-state index contributed by atoms with van der Waals surface area (Å²) in [5.41, 5.74) is 3.55. The molecule has 5 nitrogen and oxygen atoms in total. The predicted molar refractivity (Wildman–Crippen MR) is 126 cm³/mol. The van der Waals surface area contributed by atoms with Crippen LogP contribution in [0.4, 0.5) is 0 Å². The van der Waals surface area contributed by atoms with E-state index in [0.29, 0.717) is 16.9 Å². The van der Waals surface area contributed by atoms with Crippen molar-refractivity contribution in [3.8, 4) is 11.5 Å². The van der Waals surface area contributed by atoms with Crippen molar-refractivity contribution in [2.75, 3.05) is 24.6 Å². The highest BCUT2D eigenvalue weighted by Crippen LogP contribution is 2.25. The summed E-state index contributed by atoms with van der Waals surface area (Å²) >= 11 is 3.66. The first-order valence-electron chi connectivity index (χ1n) is 9.35. The van der Waals surface area contributed by atoms with Gasteiger partial charge in [0.25, 0.3) is 5.56 Å². The van der Waals surface area contributed by atoms with Crippen molar-refractivity contribution in [1.29, 1.82) is 0 Å². The molecule has 0 saturated carbocycles. The number of thiophene rings is 1. The van der Waals surface area contributed by atoms with E-state index in [4.69, 9.17) is 4.98 Å². The van der Waals surface area contributed by atoms with Gasteiger partial charge in [0.05, 0.1) is 15.6 Å². The Labute approximate surface area is 183 Å². The summed E-state index contributed by atoms with van der Waals surface area (Å²) < 4.78 is 1.13. The van der Waals surface area contributed by atoms with Gasteiger partial charge in [-0.05, 0) is 47.0 Å². The molecular formula is C21H21ClN4OS2. The summed E-state index contributed by atoms with van der Waals surface area (Å²) in [6.45, 7) is 5.12. The zero-order chi connectivity index (χ0) is 19.1. The van der Waals surface area contributed by atoms with Crippen LogP contribution >= 0.6 is 35.5 Å². The number of aryl methyl sites for hydroxylation is 1. The third kappa shape index (κ3) is 4.05. The van der Waals surface area contributed by atoms with Crippen LogP contribution in [0.2, 0.25) is 0 Å². The van der Waals surface area contributed by atoms with Gasteiger partial charge >= 0.3 is 0 Å². The number of benzene rings is 1. The summed E-state index contributed by atoms with van der Waals surface area (Å²) in [7, 11) is 0. The highest BCUT2D eigenvalue weighted by atomic mass is 35.5. The molecule has 0 atom stereocenters. The molecule has 1 aliphatic heterocycles. The lowest BCUT2D eigenvalue weighted by Crippen LogP contribution is -2.32. The standard InChI is InChI=1S/C21H20N4OS2.ClH/c1-13-8-14(12-25-3-6-27-7-4-25)9-16-19(13)23-20(24-21(16)26)17-10-15-2-5-28-18(15)11-22-17;/h2,5,8-11H,3-4,6-7,12H2,1H3,(H,23,24,26);1H. The lowest BCUT2D eigenvalue weighted by atomic mass is 10.1. The highest BCUT2D eigenvalue weighted by molar-refractivity contribution is 7.99. The normalized spacial score (nSPS) is 14.9. The molecule has 0 unspecified atom stereocenters. The number of halogens is 1. The summed E-state index contributed by atoms with van der Waals surface area (Å²) in [5.74, 6) is 2.88. The lowest BCUT2D eigenvalue weighted by Gasteiger charge is -2.26. The number of aromatic nitrogens is 3. The maximum atomic E-state index is 12.8. The SMILES string of the molecule is Cc1cc(CN2CCSCC2)cc2c(=O)[nH]c(-c3cc4ccsc4cn3)nc12.Cl. The van der Waals surface area contributed by atoms with E-state index < -0.39 is 0 Å². The van der Waals surface area contributed by atoms with Crippen LogP contribution in [0.25, 0.3) is 32.5 Å². The first-order chi connectivity index (χ1) is 13.7. The van der Waals surface area contributed by atoms with Gasteiger partial charge in [0.1, 0.15) is 5.69 Å². The van der Waals surface area contributed by atoms with Crippen LogP contribution < -0.4 is 5.56 Å². The second kappa shape index (κ2) is 8.44. The van der Waals surface area contributed by atoms with E-state index in [-0.39, 0.29) is 18.0 Å². The van der Waals surface area contributed by atoms with Crippen molar-refractivity contribution in [2.45, 2.75) is 13.5 Å². The van der Waals surface area contributed by atoms with E-state index in [2.05, 4.69) is 27.0 Å². The van der Waals surface area contributed by atoms with Crippen LogP contribution in [0.1, 0.15) is 11.1 Å². The fourth-order valence-corrected chi connectivity index (χ4v) is 5.43. The molecule has 0 spiro atoms. The molecular weight excluding hydrogens is 424 g/mol.